The molecule has 11 heavy (non-hydrogen) atoms. The predicted molar refractivity (Wildman–Crippen MR) is 49.4 cm³/mol. The van der Waals surface area contributed by atoms with Crippen molar-refractivity contribution >= 4 is 6.08 Å². The highest BCUT2D eigenvalue weighted by Crippen LogP contribution is 2.04. The van der Waals surface area contributed by atoms with Gasteiger partial charge >= 0.3 is 0 Å². The Labute approximate surface area is 67.5 Å². The smallest absolute Gasteiger partial charge is 0.0379 e. The van der Waals surface area contributed by atoms with Crippen LogP contribution < -0.4 is 0 Å². The molecule has 0 amide bonds. The van der Waals surface area contributed by atoms with E-state index in [-0.39, 0.29) is 0 Å². The maximum absolute atomic E-state index is 3.67. The van der Waals surface area contributed by atoms with E-state index in [4.69, 9.17) is 0 Å². The number of H-pyrrole nitrogens is 1. The summed E-state index contributed by atoms with van der Waals surface area (Å²) < 4.78 is 0. The maximum atomic E-state index is 3.67. The average molecular weight is 147 g/mol. The molecule has 1 heteroatoms. The molecule has 58 valence electrons. The first-order chi connectivity index (χ1) is 5.36. The van der Waals surface area contributed by atoms with Crippen LogP contribution in [-0.4, -0.2) is 4.98 Å². The number of aromatic nitrogens is 1. The second kappa shape index (κ2) is 3.81. The number of hydrogen-bond acceptors (Lipinski definition) is 0. The van der Waals surface area contributed by atoms with Crippen molar-refractivity contribution in [1.29, 1.82) is 0 Å². The zero-order valence-corrected chi connectivity index (χ0v) is 6.80. The number of rotatable bonds is 3. The molecular formula is C10H13N. The van der Waals surface area contributed by atoms with E-state index in [9.17, 15) is 0 Å². The fraction of sp³-hybridized carbons (Fsp3) is 0.200. The third-order valence-electron chi connectivity index (χ3n) is 1.48. The van der Waals surface area contributed by atoms with Crippen molar-refractivity contribution in [2.75, 3.05) is 0 Å². The molecule has 1 aromatic heterocycles. The molecule has 0 aromatic carbocycles. The molecule has 0 bridgehead atoms. The van der Waals surface area contributed by atoms with Gasteiger partial charge in [-0.1, -0.05) is 12.2 Å². The van der Waals surface area contributed by atoms with Crippen molar-refractivity contribution in [1.82, 2.24) is 4.98 Å². The fourth-order valence-electron chi connectivity index (χ4n) is 1.01. The third kappa shape index (κ3) is 2.11. The molecule has 0 aliphatic carbocycles. The summed E-state index contributed by atoms with van der Waals surface area (Å²) >= 11 is 0. The Bertz CT molecular complexity index is 256. The summed E-state index contributed by atoms with van der Waals surface area (Å²) in [5.41, 5.74) is 2.37. The van der Waals surface area contributed by atoms with Gasteiger partial charge in [0.15, 0.2) is 0 Å². The molecule has 1 aromatic rings. The molecule has 1 nitrogen and oxygen atoms in total. The summed E-state index contributed by atoms with van der Waals surface area (Å²) in [4.78, 5) is 3.26. The molecule has 1 rings (SSSR count). The summed E-state index contributed by atoms with van der Waals surface area (Å²) in [6.45, 7) is 5.68. The lowest BCUT2D eigenvalue weighted by Crippen LogP contribution is -1.78. The van der Waals surface area contributed by atoms with E-state index in [0.29, 0.717) is 0 Å². The van der Waals surface area contributed by atoms with Gasteiger partial charge < -0.3 is 4.98 Å². The van der Waals surface area contributed by atoms with Crippen LogP contribution in [0.2, 0.25) is 0 Å². The number of allylic oxidation sites excluding steroid dienone is 2. The molecule has 0 spiro atoms. The molecule has 0 aliphatic heterocycles. The van der Waals surface area contributed by atoms with Crippen molar-refractivity contribution in [2.45, 2.75) is 13.3 Å². The zero-order chi connectivity index (χ0) is 8.10. The standard InChI is InChI=1S/C10H13N/c1-3-5-9-7-8-10(11-9)6-4-2/h3-4,6-8,11H,1,5H2,2H3/b6-4-. The average Bonchev–Trinajstić information content (AvgIpc) is 2.38. The number of hydrogen-bond donors (Lipinski definition) is 1. The minimum atomic E-state index is 0.914. The second-order valence-electron chi connectivity index (χ2n) is 2.43. The Kier molecular flexibility index (Phi) is 2.73. The molecule has 0 radical (unpaired) electrons. The van der Waals surface area contributed by atoms with Crippen LogP contribution in [0.1, 0.15) is 18.3 Å². The van der Waals surface area contributed by atoms with Gasteiger partial charge in [-0.05, 0) is 25.1 Å². The van der Waals surface area contributed by atoms with Crippen molar-refractivity contribution < 1.29 is 0 Å². The maximum Gasteiger partial charge on any atom is 0.0379 e. The van der Waals surface area contributed by atoms with E-state index in [1.165, 1.54) is 5.69 Å². The highest BCUT2D eigenvalue weighted by atomic mass is 14.7. The molecule has 1 N–H and O–H groups in total. The largest absolute Gasteiger partial charge is 0.359 e. The van der Waals surface area contributed by atoms with Crippen LogP contribution in [0, 0.1) is 0 Å². The Balaban J connectivity index is 2.72. The van der Waals surface area contributed by atoms with Gasteiger partial charge in [-0.25, -0.2) is 0 Å². The van der Waals surface area contributed by atoms with Crippen molar-refractivity contribution in [3.05, 3.63) is 42.3 Å². The third-order valence-corrected chi connectivity index (χ3v) is 1.48. The van der Waals surface area contributed by atoms with Gasteiger partial charge in [-0.2, -0.15) is 0 Å². The van der Waals surface area contributed by atoms with Gasteiger partial charge in [0.05, 0.1) is 0 Å². The summed E-state index contributed by atoms with van der Waals surface area (Å²) in [5, 5.41) is 0. The van der Waals surface area contributed by atoms with E-state index in [1.807, 2.05) is 25.2 Å². The highest BCUT2D eigenvalue weighted by molar-refractivity contribution is 5.45. The van der Waals surface area contributed by atoms with Crippen LogP contribution in [0.25, 0.3) is 6.08 Å². The van der Waals surface area contributed by atoms with Gasteiger partial charge in [0.25, 0.3) is 0 Å². The fourth-order valence-corrected chi connectivity index (χ4v) is 1.01. The summed E-state index contributed by atoms with van der Waals surface area (Å²) in [7, 11) is 0. The molecule has 0 saturated carbocycles. The van der Waals surface area contributed by atoms with Crippen LogP contribution in [0.4, 0.5) is 0 Å². The molecule has 0 aliphatic rings. The van der Waals surface area contributed by atoms with E-state index < -0.39 is 0 Å². The van der Waals surface area contributed by atoms with Gasteiger partial charge in [0.1, 0.15) is 0 Å². The highest BCUT2D eigenvalue weighted by Gasteiger charge is 1.91. The van der Waals surface area contributed by atoms with Gasteiger partial charge in [-0.3, -0.25) is 0 Å². The van der Waals surface area contributed by atoms with Crippen molar-refractivity contribution in [2.24, 2.45) is 0 Å². The van der Waals surface area contributed by atoms with Gasteiger partial charge in [-0.15, -0.1) is 6.58 Å². The van der Waals surface area contributed by atoms with E-state index in [2.05, 4.69) is 23.7 Å². The van der Waals surface area contributed by atoms with Gasteiger partial charge in [0.2, 0.25) is 0 Å². The minimum Gasteiger partial charge on any atom is -0.359 e. The SMILES string of the molecule is C=CCc1ccc(/C=C\C)[nH]1. The molecule has 0 fully saturated rings. The molecule has 0 saturated heterocycles. The molecular weight excluding hydrogens is 134 g/mol. The number of nitrogens with one attached hydrogen (secondary N) is 1. The summed E-state index contributed by atoms with van der Waals surface area (Å²) in [6.07, 6.45) is 6.87. The van der Waals surface area contributed by atoms with Crippen LogP contribution in [0.15, 0.2) is 30.9 Å². The number of aromatic amines is 1. The van der Waals surface area contributed by atoms with Gasteiger partial charge in [0, 0.05) is 17.8 Å². The molecule has 1 heterocycles. The molecule has 0 unspecified atom stereocenters. The lowest BCUT2D eigenvalue weighted by Gasteiger charge is -1.87. The van der Waals surface area contributed by atoms with Crippen LogP contribution in [0.3, 0.4) is 0 Å². The molecule has 0 atom stereocenters. The zero-order valence-electron chi connectivity index (χ0n) is 6.80. The first kappa shape index (κ1) is 7.86. The Hall–Kier alpha value is -1.24. The quantitative estimate of drug-likeness (QED) is 0.633. The van der Waals surface area contributed by atoms with Crippen LogP contribution >= 0.6 is 0 Å². The van der Waals surface area contributed by atoms with Crippen LogP contribution in [-0.2, 0) is 6.42 Å². The predicted octanol–water partition coefficient (Wildman–Crippen LogP) is 2.78. The minimum absolute atomic E-state index is 0.914. The Morgan fingerprint density at radius 1 is 1.55 bits per heavy atom. The van der Waals surface area contributed by atoms with E-state index >= 15 is 0 Å². The lowest BCUT2D eigenvalue weighted by atomic mass is 10.3. The van der Waals surface area contributed by atoms with Crippen molar-refractivity contribution in [3.63, 3.8) is 0 Å². The van der Waals surface area contributed by atoms with E-state index in [0.717, 1.165) is 12.1 Å². The second-order valence-corrected chi connectivity index (χ2v) is 2.43. The first-order valence-electron chi connectivity index (χ1n) is 3.78. The first-order valence-corrected chi connectivity index (χ1v) is 3.78. The Morgan fingerprint density at radius 3 is 3.00 bits per heavy atom. The van der Waals surface area contributed by atoms with Crippen molar-refractivity contribution in [3.8, 4) is 0 Å². The topological polar surface area (TPSA) is 15.8 Å². The van der Waals surface area contributed by atoms with E-state index in [1.54, 1.807) is 0 Å². The monoisotopic (exact) mass is 147 g/mol. The Morgan fingerprint density at radius 2 is 2.36 bits per heavy atom. The van der Waals surface area contributed by atoms with Crippen LogP contribution in [0.5, 0.6) is 0 Å². The lowest BCUT2D eigenvalue weighted by molar-refractivity contribution is 1.15. The summed E-state index contributed by atoms with van der Waals surface area (Å²) in [5.74, 6) is 0. The normalized spacial score (nSPS) is 10.6. The summed E-state index contributed by atoms with van der Waals surface area (Å²) in [6, 6.07) is 4.15.